The van der Waals surface area contributed by atoms with Crippen LogP contribution in [0.3, 0.4) is 0 Å². The summed E-state index contributed by atoms with van der Waals surface area (Å²) >= 11 is 5.57. The molecular weight excluding hydrogens is 412 g/mol. The maximum absolute atomic E-state index is 12.8. The third kappa shape index (κ3) is 6.45. The van der Waals surface area contributed by atoms with Gasteiger partial charge in [-0.05, 0) is 30.5 Å². The Hall–Kier alpha value is -3.14. The van der Waals surface area contributed by atoms with E-state index in [1.54, 1.807) is 18.3 Å². The smallest absolute Gasteiger partial charge is 0.268 e. The molecule has 1 atom stereocenters. The van der Waals surface area contributed by atoms with E-state index in [-0.39, 0.29) is 30.5 Å². The number of nitrogens with two attached hydrogens (primary N) is 1. The van der Waals surface area contributed by atoms with Crippen LogP contribution in [0, 0.1) is 5.92 Å². The van der Waals surface area contributed by atoms with Crippen molar-refractivity contribution in [2.75, 3.05) is 12.4 Å². The Labute approximate surface area is 178 Å². The molecule has 0 unspecified atom stereocenters. The maximum Gasteiger partial charge on any atom is 0.268 e. The molecule has 2 heterocycles. The highest BCUT2D eigenvalue weighted by molar-refractivity contribution is 6.27. The zero-order valence-corrected chi connectivity index (χ0v) is 17.5. The Bertz CT molecular complexity index is 896. The van der Waals surface area contributed by atoms with Gasteiger partial charge in [0.05, 0.1) is 6.54 Å². The quantitative estimate of drug-likeness (QED) is 0.336. The first-order chi connectivity index (χ1) is 14.2. The number of primary amides is 1. The van der Waals surface area contributed by atoms with Gasteiger partial charge in [0.15, 0.2) is 0 Å². The molecule has 0 radical (unpaired) electrons. The molecule has 30 heavy (non-hydrogen) atoms. The van der Waals surface area contributed by atoms with E-state index < -0.39 is 29.7 Å². The van der Waals surface area contributed by atoms with Crippen LogP contribution >= 0.6 is 11.6 Å². The minimum Gasteiger partial charge on any atom is -0.370 e. The maximum atomic E-state index is 12.8. The van der Waals surface area contributed by atoms with Gasteiger partial charge < -0.3 is 16.0 Å². The van der Waals surface area contributed by atoms with Crippen LogP contribution in [0.25, 0.3) is 11.0 Å². The van der Waals surface area contributed by atoms with Crippen LogP contribution in [-0.4, -0.2) is 57.1 Å². The van der Waals surface area contributed by atoms with E-state index in [0.717, 1.165) is 10.4 Å². The van der Waals surface area contributed by atoms with E-state index >= 15 is 0 Å². The molecule has 10 nitrogen and oxygen atoms in total. The van der Waals surface area contributed by atoms with Crippen molar-refractivity contribution in [1.29, 1.82) is 0 Å². The summed E-state index contributed by atoms with van der Waals surface area (Å²) in [7, 11) is 0. The highest BCUT2D eigenvalue weighted by Gasteiger charge is 2.26. The lowest BCUT2D eigenvalue weighted by Crippen LogP contribution is -2.55. The molecule has 11 heteroatoms. The van der Waals surface area contributed by atoms with Crippen molar-refractivity contribution in [3.8, 4) is 0 Å². The third-order valence-electron chi connectivity index (χ3n) is 4.21. The number of H-pyrrole nitrogens is 1. The summed E-state index contributed by atoms with van der Waals surface area (Å²) < 4.78 is 0. The molecule has 0 fully saturated rings. The molecule has 2 rings (SSSR count). The Morgan fingerprint density at radius 1 is 1.30 bits per heavy atom. The van der Waals surface area contributed by atoms with Crippen molar-refractivity contribution in [3.63, 3.8) is 0 Å². The van der Waals surface area contributed by atoms with Crippen molar-refractivity contribution < 1.29 is 19.2 Å². The molecule has 0 bridgehead atoms. The highest BCUT2D eigenvalue weighted by Crippen LogP contribution is 2.13. The summed E-state index contributed by atoms with van der Waals surface area (Å²) in [5, 5.41) is 4.38. The van der Waals surface area contributed by atoms with Gasteiger partial charge in [0.25, 0.3) is 17.7 Å². The topological polar surface area (TPSA) is 150 Å². The molecule has 0 aromatic carbocycles. The monoisotopic (exact) mass is 436 g/mol. The second-order valence-corrected chi connectivity index (χ2v) is 7.42. The number of halogens is 1. The van der Waals surface area contributed by atoms with E-state index in [1.807, 2.05) is 19.9 Å². The Balaban J connectivity index is 2.13. The number of pyridine rings is 1. The van der Waals surface area contributed by atoms with Gasteiger partial charge in [0.2, 0.25) is 5.91 Å². The Morgan fingerprint density at radius 3 is 2.63 bits per heavy atom. The van der Waals surface area contributed by atoms with Crippen LogP contribution in [0.15, 0.2) is 24.4 Å². The van der Waals surface area contributed by atoms with E-state index in [0.29, 0.717) is 12.1 Å². The Morgan fingerprint density at radius 2 is 2.03 bits per heavy atom. The number of hydrazine groups is 1. The molecule has 0 saturated heterocycles. The molecule has 0 aliphatic carbocycles. The SMILES string of the molecule is CC(C)C[C@H](NC(=O)c1cc2cccnc2[nH]1)C(=O)NN(CCC(N)=O)C(=O)CCl. The van der Waals surface area contributed by atoms with Crippen molar-refractivity contribution in [2.45, 2.75) is 32.7 Å². The van der Waals surface area contributed by atoms with Gasteiger partial charge in [-0.1, -0.05) is 13.8 Å². The van der Waals surface area contributed by atoms with Crippen LogP contribution in [0.5, 0.6) is 0 Å². The van der Waals surface area contributed by atoms with E-state index in [1.165, 1.54) is 0 Å². The minimum atomic E-state index is -0.920. The highest BCUT2D eigenvalue weighted by atomic mass is 35.5. The van der Waals surface area contributed by atoms with Crippen LogP contribution in [0.2, 0.25) is 0 Å². The number of rotatable bonds is 9. The molecule has 5 N–H and O–H groups in total. The molecule has 2 aromatic heterocycles. The lowest BCUT2D eigenvalue weighted by molar-refractivity contribution is -0.141. The number of hydrogen-bond donors (Lipinski definition) is 4. The molecule has 162 valence electrons. The van der Waals surface area contributed by atoms with Gasteiger partial charge in [-0.25, -0.2) is 4.98 Å². The zero-order valence-electron chi connectivity index (χ0n) is 16.8. The normalized spacial score (nSPS) is 11.9. The fourth-order valence-electron chi connectivity index (χ4n) is 2.77. The first kappa shape index (κ1) is 23.1. The average molecular weight is 437 g/mol. The van der Waals surface area contributed by atoms with Crippen LogP contribution < -0.4 is 16.5 Å². The molecule has 4 amide bonds. The van der Waals surface area contributed by atoms with Gasteiger partial charge >= 0.3 is 0 Å². The van der Waals surface area contributed by atoms with E-state index in [2.05, 4.69) is 20.7 Å². The number of carbonyl (C=O) groups is 4. The molecule has 2 aromatic rings. The van der Waals surface area contributed by atoms with Gasteiger partial charge in [-0.15, -0.1) is 11.6 Å². The summed E-state index contributed by atoms with van der Waals surface area (Å²) in [4.78, 5) is 55.5. The first-order valence-corrected chi connectivity index (χ1v) is 9.94. The second kappa shape index (κ2) is 10.6. The zero-order chi connectivity index (χ0) is 22.3. The Kier molecular flexibility index (Phi) is 8.16. The fourth-order valence-corrected chi connectivity index (χ4v) is 2.91. The second-order valence-electron chi connectivity index (χ2n) is 7.15. The lowest BCUT2D eigenvalue weighted by atomic mass is 10.0. The number of nitrogens with zero attached hydrogens (tertiary/aromatic N) is 2. The first-order valence-electron chi connectivity index (χ1n) is 9.41. The van der Waals surface area contributed by atoms with E-state index in [9.17, 15) is 19.2 Å². The van der Waals surface area contributed by atoms with Crippen LogP contribution in [0.1, 0.15) is 37.2 Å². The number of nitrogens with one attached hydrogen (secondary N) is 3. The minimum absolute atomic E-state index is 0.0771. The number of alkyl halides is 1. The van der Waals surface area contributed by atoms with Crippen molar-refractivity contribution in [1.82, 2.24) is 25.7 Å². The number of aromatic amines is 1. The third-order valence-corrected chi connectivity index (χ3v) is 4.44. The standard InChI is InChI=1S/C19H25ClN6O4/c1-11(2)8-13(19(30)25-26(16(28)10-20)7-5-15(21)27)24-18(29)14-9-12-4-3-6-22-17(12)23-14/h3-4,6,9,11,13H,5,7-8,10H2,1-2H3,(H2,21,27)(H,22,23)(H,24,29)(H,25,30)/t13-/m0/s1. The number of hydrogen-bond acceptors (Lipinski definition) is 5. The lowest BCUT2D eigenvalue weighted by Gasteiger charge is -2.26. The summed E-state index contributed by atoms with van der Waals surface area (Å²) in [6.45, 7) is 3.67. The van der Waals surface area contributed by atoms with Gasteiger partial charge in [-0.2, -0.15) is 0 Å². The molecule has 0 aliphatic heterocycles. The predicted molar refractivity (Wildman–Crippen MR) is 111 cm³/mol. The average Bonchev–Trinajstić information content (AvgIpc) is 3.13. The van der Waals surface area contributed by atoms with Gasteiger partial charge in [0, 0.05) is 18.0 Å². The predicted octanol–water partition coefficient (Wildman–Crippen LogP) is 0.681. The summed E-state index contributed by atoms with van der Waals surface area (Å²) in [6.07, 6.45) is 1.78. The van der Waals surface area contributed by atoms with Crippen molar-refractivity contribution >= 4 is 46.3 Å². The van der Waals surface area contributed by atoms with Gasteiger partial charge in [-0.3, -0.25) is 29.6 Å². The fraction of sp³-hybridized carbons (Fsp3) is 0.421. The molecule has 0 saturated carbocycles. The number of amides is 4. The summed E-state index contributed by atoms with van der Waals surface area (Å²) in [5.74, 6) is -2.62. The number of aromatic nitrogens is 2. The van der Waals surface area contributed by atoms with Crippen molar-refractivity contribution in [2.24, 2.45) is 11.7 Å². The molecular formula is C19H25ClN6O4. The summed E-state index contributed by atoms with van der Waals surface area (Å²) in [6, 6.07) is 4.28. The van der Waals surface area contributed by atoms with E-state index in [4.69, 9.17) is 17.3 Å². The van der Waals surface area contributed by atoms with Crippen LogP contribution in [-0.2, 0) is 14.4 Å². The molecule has 0 aliphatic rings. The van der Waals surface area contributed by atoms with Gasteiger partial charge in [0.1, 0.15) is 23.3 Å². The number of carbonyl (C=O) groups excluding carboxylic acids is 4. The number of fused-ring (bicyclic) bond motifs is 1. The summed E-state index contributed by atoms with van der Waals surface area (Å²) in [5.41, 5.74) is 8.35. The van der Waals surface area contributed by atoms with Crippen LogP contribution in [0.4, 0.5) is 0 Å². The van der Waals surface area contributed by atoms with Crippen molar-refractivity contribution in [3.05, 3.63) is 30.1 Å². The largest absolute Gasteiger partial charge is 0.370 e. The molecule has 0 spiro atoms.